The van der Waals surface area contributed by atoms with Crippen LogP contribution >= 0.6 is 0 Å². The molecule has 1 aliphatic heterocycles. The van der Waals surface area contributed by atoms with E-state index in [0.29, 0.717) is 18.7 Å². The molecule has 0 radical (unpaired) electrons. The third-order valence-corrected chi connectivity index (χ3v) is 5.88. The van der Waals surface area contributed by atoms with Crippen LogP contribution in [0.25, 0.3) is 0 Å². The van der Waals surface area contributed by atoms with Gasteiger partial charge in [-0.05, 0) is 31.9 Å². The summed E-state index contributed by atoms with van der Waals surface area (Å²) in [7, 11) is -0.693. The maximum absolute atomic E-state index is 12.4. The molecule has 7 heteroatoms. The Bertz CT molecular complexity index is 657. The molecule has 0 aliphatic carbocycles. The van der Waals surface area contributed by atoms with Gasteiger partial charge in [0.25, 0.3) is 0 Å². The average molecular weight is 312 g/mol. The Hall–Kier alpha value is -1.60. The van der Waals surface area contributed by atoms with Crippen LogP contribution in [0.3, 0.4) is 0 Å². The van der Waals surface area contributed by atoms with Crippen molar-refractivity contribution in [2.75, 3.05) is 25.5 Å². The number of carboxylic acids is 1. The number of sulfonamides is 1. The van der Waals surface area contributed by atoms with Crippen LogP contribution in [0.4, 0.5) is 5.69 Å². The molecular formula is C14H20N2O4S. The molecule has 0 spiro atoms. The fourth-order valence-electron chi connectivity index (χ4n) is 2.67. The maximum atomic E-state index is 12.4. The highest BCUT2D eigenvalue weighted by molar-refractivity contribution is 7.89. The van der Waals surface area contributed by atoms with Gasteiger partial charge < -0.3 is 10.0 Å². The van der Waals surface area contributed by atoms with E-state index in [0.717, 1.165) is 10.7 Å². The van der Waals surface area contributed by atoms with E-state index in [-0.39, 0.29) is 4.90 Å². The van der Waals surface area contributed by atoms with E-state index >= 15 is 0 Å². The van der Waals surface area contributed by atoms with E-state index < -0.39 is 21.5 Å². The largest absolute Gasteiger partial charge is 0.480 e. The van der Waals surface area contributed by atoms with Gasteiger partial charge in [-0.3, -0.25) is 0 Å². The van der Waals surface area contributed by atoms with E-state index in [1.165, 1.54) is 20.2 Å². The highest BCUT2D eigenvalue weighted by Crippen LogP contribution is 2.38. The second-order valence-corrected chi connectivity index (χ2v) is 7.71. The van der Waals surface area contributed by atoms with E-state index in [4.69, 9.17) is 0 Å². The molecule has 1 unspecified atom stereocenters. The predicted octanol–water partition coefficient (Wildman–Crippen LogP) is 1.38. The number of carboxylic acid groups (broad SMARTS) is 1. The highest BCUT2D eigenvalue weighted by Gasteiger charge is 2.45. The minimum atomic E-state index is -3.62. The van der Waals surface area contributed by atoms with Crippen LogP contribution in [-0.4, -0.2) is 50.0 Å². The maximum Gasteiger partial charge on any atom is 0.329 e. The highest BCUT2D eigenvalue weighted by atomic mass is 32.2. The molecule has 1 fully saturated rings. The summed E-state index contributed by atoms with van der Waals surface area (Å²) in [5.41, 5.74) is -0.619. The first kappa shape index (κ1) is 15.8. The van der Waals surface area contributed by atoms with Crippen LogP contribution in [-0.2, 0) is 14.8 Å². The van der Waals surface area contributed by atoms with Gasteiger partial charge in [0, 0.05) is 20.6 Å². The molecule has 0 saturated carbocycles. The van der Waals surface area contributed by atoms with E-state index in [9.17, 15) is 18.3 Å². The molecule has 116 valence electrons. The Balaban J connectivity index is 2.59. The molecule has 1 atom stereocenters. The van der Waals surface area contributed by atoms with Crippen molar-refractivity contribution >= 4 is 21.7 Å². The zero-order chi connectivity index (χ0) is 15.8. The molecule has 6 nitrogen and oxygen atoms in total. The molecule has 0 aromatic heterocycles. The van der Waals surface area contributed by atoms with E-state index in [2.05, 4.69) is 0 Å². The second kappa shape index (κ2) is 5.31. The molecule has 1 saturated heterocycles. The average Bonchev–Trinajstić information content (AvgIpc) is 2.82. The number of rotatable bonds is 4. The molecular weight excluding hydrogens is 292 g/mol. The Labute approximate surface area is 125 Å². The number of aliphatic carboxylic acids is 1. The molecule has 2 rings (SSSR count). The summed E-state index contributed by atoms with van der Waals surface area (Å²) in [6.45, 7) is 2.17. The number of carbonyl (C=O) groups is 1. The lowest BCUT2D eigenvalue weighted by Gasteiger charge is -2.34. The van der Waals surface area contributed by atoms with Crippen LogP contribution in [0.5, 0.6) is 0 Å². The summed E-state index contributed by atoms with van der Waals surface area (Å²) in [5.74, 6) is -0.933. The topological polar surface area (TPSA) is 77.9 Å². The van der Waals surface area contributed by atoms with Gasteiger partial charge in [-0.25, -0.2) is 17.5 Å². The summed E-state index contributed by atoms with van der Waals surface area (Å²) in [5, 5.41) is 9.51. The first-order valence-corrected chi connectivity index (χ1v) is 8.18. The summed E-state index contributed by atoms with van der Waals surface area (Å²) < 4.78 is 26.0. The quantitative estimate of drug-likeness (QED) is 0.909. The lowest BCUT2D eigenvalue weighted by atomic mass is 9.99. The lowest BCUT2D eigenvalue weighted by molar-refractivity contribution is -0.142. The number of anilines is 1. The fourth-order valence-corrected chi connectivity index (χ4v) is 3.75. The van der Waals surface area contributed by atoms with Crippen molar-refractivity contribution in [1.82, 2.24) is 4.31 Å². The number of nitrogens with zero attached hydrogens (tertiary/aromatic N) is 2. The molecule has 1 aromatic rings. The Morgan fingerprint density at radius 1 is 1.33 bits per heavy atom. The summed E-state index contributed by atoms with van der Waals surface area (Å²) in [4.78, 5) is 13.4. The second-order valence-electron chi connectivity index (χ2n) is 5.59. The van der Waals surface area contributed by atoms with Gasteiger partial charge >= 0.3 is 5.97 Å². The van der Waals surface area contributed by atoms with Crippen molar-refractivity contribution in [2.24, 2.45) is 0 Å². The molecule has 1 N–H and O–H groups in total. The number of para-hydroxylation sites is 1. The zero-order valence-corrected chi connectivity index (χ0v) is 13.2. The smallest absolute Gasteiger partial charge is 0.329 e. The van der Waals surface area contributed by atoms with E-state index in [1.807, 2.05) is 0 Å². The molecule has 1 aromatic carbocycles. The van der Waals surface area contributed by atoms with Gasteiger partial charge in [0.1, 0.15) is 10.4 Å². The molecule has 0 amide bonds. The zero-order valence-electron chi connectivity index (χ0n) is 12.4. The summed E-state index contributed by atoms with van der Waals surface area (Å²) in [6.07, 6.45) is 1.22. The first-order chi connectivity index (χ1) is 9.71. The van der Waals surface area contributed by atoms with Gasteiger partial charge in [0.15, 0.2) is 0 Å². The SMILES string of the molecule is CN(C)S(=O)(=O)c1ccccc1N1CCCC1(C)C(=O)O. The van der Waals surface area contributed by atoms with Crippen LogP contribution in [0.15, 0.2) is 29.2 Å². The van der Waals surface area contributed by atoms with Gasteiger partial charge in [-0.1, -0.05) is 12.1 Å². The van der Waals surface area contributed by atoms with Crippen molar-refractivity contribution in [2.45, 2.75) is 30.2 Å². The van der Waals surface area contributed by atoms with Crippen molar-refractivity contribution in [3.63, 3.8) is 0 Å². The van der Waals surface area contributed by atoms with Crippen LogP contribution in [0.1, 0.15) is 19.8 Å². The van der Waals surface area contributed by atoms with Crippen LogP contribution < -0.4 is 4.90 Å². The van der Waals surface area contributed by atoms with Gasteiger partial charge in [-0.15, -0.1) is 0 Å². The fraction of sp³-hybridized carbons (Fsp3) is 0.500. The number of hydrogen-bond acceptors (Lipinski definition) is 4. The normalized spacial score (nSPS) is 22.8. The van der Waals surface area contributed by atoms with Gasteiger partial charge in [-0.2, -0.15) is 0 Å². The van der Waals surface area contributed by atoms with Crippen molar-refractivity contribution in [1.29, 1.82) is 0 Å². The van der Waals surface area contributed by atoms with Crippen molar-refractivity contribution in [3.05, 3.63) is 24.3 Å². The van der Waals surface area contributed by atoms with E-state index in [1.54, 1.807) is 30.0 Å². The summed E-state index contributed by atoms with van der Waals surface area (Å²) in [6, 6.07) is 6.56. The van der Waals surface area contributed by atoms with Gasteiger partial charge in [0.2, 0.25) is 10.0 Å². The Morgan fingerprint density at radius 3 is 2.52 bits per heavy atom. The molecule has 1 heterocycles. The van der Waals surface area contributed by atoms with Gasteiger partial charge in [0.05, 0.1) is 5.69 Å². The number of benzene rings is 1. The standard InChI is InChI=1S/C14H20N2O4S/c1-14(13(17)18)9-6-10-16(14)11-7-4-5-8-12(11)21(19,20)15(2)3/h4-5,7-8H,6,9-10H2,1-3H3,(H,17,18). The van der Waals surface area contributed by atoms with Crippen LogP contribution in [0.2, 0.25) is 0 Å². The summed E-state index contributed by atoms with van der Waals surface area (Å²) >= 11 is 0. The molecule has 0 bridgehead atoms. The predicted molar refractivity (Wildman–Crippen MR) is 79.9 cm³/mol. The lowest BCUT2D eigenvalue weighted by Crippen LogP contribution is -2.48. The monoisotopic (exact) mass is 312 g/mol. The Kier molecular flexibility index (Phi) is 3.99. The molecule has 21 heavy (non-hydrogen) atoms. The van der Waals surface area contributed by atoms with Crippen LogP contribution in [0, 0.1) is 0 Å². The minimum absolute atomic E-state index is 0.143. The van der Waals surface area contributed by atoms with Crippen molar-refractivity contribution in [3.8, 4) is 0 Å². The first-order valence-electron chi connectivity index (χ1n) is 6.74. The Morgan fingerprint density at radius 2 is 1.95 bits per heavy atom. The third kappa shape index (κ3) is 2.51. The molecule has 1 aliphatic rings. The third-order valence-electron chi connectivity index (χ3n) is 4.02. The van der Waals surface area contributed by atoms with Crippen molar-refractivity contribution < 1.29 is 18.3 Å². The minimum Gasteiger partial charge on any atom is -0.480 e. The number of hydrogen-bond donors (Lipinski definition) is 1.